The molecule has 0 aromatic heterocycles. The fourth-order valence-electron chi connectivity index (χ4n) is 2.01. The summed E-state index contributed by atoms with van der Waals surface area (Å²) in [7, 11) is 0. The second-order valence-corrected chi connectivity index (χ2v) is 3.46. The van der Waals surface area contributed by atoms with Crippen LogP contribution in [-0.4, -0.2) is 71.7 Å². The molecule has 1 spiro atoms. The summed E-state index contributed by atoms with van der Waals surface area (Å²) in [4.78, 5) is 10.5. The number of hydrogen-bond donors (Lipinski definition) is 1. The van der Waals surface area contributed by atoms with Gasteiger partial charge < -0.3 is 9.84 Å². The molecule has 1 unspecified atom stereocenters. The van der Waals surface area contributed by atoms with E-state index in [9.17, 15) is 4.79 Å². The number of carboxylic acid groups (broad SMARTS) is 1. The van der Waals surface area contributed by atoms with Crippen LogP contribution in [0.25, 0.3) is 0 Å². The van der Waals surface area contributed by atoms with E-state index in [0.717, 1.165) is 25.7 Å². The van der Waals surface area contributed by atoms with E-state index in [-0.39, 0.29) is 54.5 Å². The van der Waals surface area contributed by atoms with Crippen molar-refractivity contribution in [3.8, 4) is 0 Å². The number of rotatable bonds is 1. The summed E-state index contributed by atoms with van der Waals surface area (Å²) in [6.45, 7) is 0. The molecule has 1 N–H and O–H groups in total. The molecule has 3 nitrogen and oxygen atoms in total. The summed E-state index contributed by atoms with van der Waals surface area (Å²) in [6, 6.07) is 0. The van der Waals surface area contributed by atoms with Gasteiger partial charge in [-0.15, -0.1) is 0 Å². The third-order valence-electron chi connectivity index (χ3n) is 2.70. The molecule has 0 aromatic rings. The molecule has 1 aliphatic carbocycles. The average molecular weight is 294 g/mol. The van der Waals surface area contributed by atoms with E-state index in [4.69, 9.17) is 9.84 Å². The zero-order valence-corrected chi connectivity index (χ0v) is 11.5. The van der Waals surface area contributed by atoms with Gasteiger partial charge in [-0.1, -0.05) is 19.3 Å². The second kappa shape index (κ2) is 4.02. The monoisotopic (exact) mass is 294 g/mol. The Morgan fingerprint density at radius 3 is 2.33 bits per heavy atom. The van der Waals surface area contributed by atoms with Crippen molar-refractivity contribution >= 4 is 54.9 Å². The van der Waals surface area contributed by atoms with Gasteiger partial charge in [0.2, 0.25) is 0 Å². The minimum absolute atomic E-state index is 0. The van der Waals surface area contributed by atoms with Gasteiger partial charge >= 0.3 is 54.9 Å². The van der Waals surface area contributed by atoms with Crippen molar-refractivity contribution < 1.29 is 14.6 Å². The van der Waals surface area contributed by atoms with Gasteiger partial charge in [-0.3, -0.25) is 0 Å². The molecule has 1 heterocycles. The number of ether oxygens (including phenoxy) is 1. The predicted molar refractivity (Wildman–Crippen MR) is 44.1 cm³/mol. The van der Waals surface area contributed by atoms with Crippen LogP contribution in [0.1, 0.15) is 32.1 Å². The minimum atomic E-state index is -0.785. The zero-order chi connectivity index (χ0) is 7.90. The molecule has 1 atom stereocenters. The van der Waals surface area contributed by atoms with Crippen LogP contribution < -0.4 is 0 Å². The number of aliphatic carboxylic acids is 1. The fraction of sp³-hybridized carbons (Fsp3) is 0.875. The third-order valence-corrected chi connectivity index (χ3v) is 2.70. The quantitative estimate of drug-likeness (QED) is 0.574. The zero-order valence-electron chi connectivity index (χ0n) is 7.08. The van der Waals surface area contributed by atoms with Crippen LogP contribution in [0.4, 0.5) is 0 Å². The molecule has 62 valence electrons. The summed E-state index contributed by atoms with van der Waals surface area (Å²) in [5.74, 6) is -0.785. The first-order chi connectivity index (χ1) is 5.25. The van der Waals surface area contributed by atoms with Gasteiger partial charge in [-0.2, -0.15) is 0 Å². The Kier molecular flexibility index (Phi) is 3.71. The van der Waals surface area contributed by atoms with E-state index in [1.807, 2.05) is 0 Å². The Labute approximate surface area is 112 Å². The van der Waals surface area contributed by atoms with E-state index in [1.54, 1.807) is 0 Å². The van der Waals surface area contributed by atoms with Crippen LogP contribution in [0, 0.1) is 0 Å². The van der Waals surface area contributed by atoms with Crippen LogP contribution >= 0.6 is 0 Å². The third kappa shape index (κ3) is 1.91. The molecule has 2 rings (SSSR count). The number of hydrogen-bond acceptors (Lipinski definition) is 2. The SMILES string of the molecule is O=C(O)C1OC12CCCCC2.[Ba+2]. The normalized spacial score (nSPS) is 30.8. The van der Waals surface area contributed by atoms with Gasteiger partial charge in [0.15, 0.2) is 6.10 Å². The fourth-order valence-corrected chi connectivity index (χ4v) is 2.01. The molecule has 4 heteroatoms. The second-order valence-electron chi connectivity index (χ2n) is 3.46. The number of carboxylic acids is 1. The van der Waals surface area contributed by atoms with E-state index in [1.165, 1.54) is 6.42 Å². The van der Waals surface area contributed by atoms with Gasteiger partial charge in [0, 0.05) is 0 Å². The summed E-state index contributed by atoms with van der Waals surface area (Å²) >= 11 is 0. The van der Waals surface area contributed by atoms with E-state index in [0.29, 0.717) is 0 Å². The Morgan fingerprint density at radius 2 is 1.92 bits per heavy atom. The topological polar surface area (TPSA) is 49.8 Å². The van der Waals surface area contributed by atoms with Crippen molar-refractivity contribution in [2.75, 3.05) is 0 Å². The Hall–Kier alpha value is 1.00. The molecular formula is C8H12BaO3+2. The molecule has 2 aliphatic rings. The first-order valence-corrected chi connectivity index (χ1v) is 4.15. The largest absolute Gasteiger partial charge is 2.00 e. The van der Waals surface area contributed by atoms with Gasteiger partial charge in [0.25, 0.3) is 0 Å². The van der Waals surface area contributed by atoms with Crippen molar-refractivity contribution in [2.24, 2.45) is 0 Å². The van der Waals surface area contributed by atoms with E-state index >= 15 is 0 Å². The van der Waals surface area contributed by atoms with Gasteiger partial charge in [-0.25, -0.2) is 4.79 Å². The number of epoxide rings is 1. The summed E-state index contributed by atoms with van der Waals surface area (Å²) in [6.07, 6.45) is 4.90. The van der Waals surface area contributed by atoms with Crippen molar-refractivity contribution in [1.29, 1.82) is 0 Å². The van der Waals surface area contributed by atoms with Crippen molar-refractivity contribution in [2.45, 2.75) is 43.8 Å². The van der Waals surface area contributed by atoms with Crippen LogP contribution in [0.3, 0.4) is 0 Å². The van der Waals surface area contributed by atoms with Crippen molar-refractivity contribution in [3.05, 3.63) is 0 Å². The van der Waals surface area contributed by atoms with Crippen LogP contribution in [0.2, 0.25) is 0 Å². The molecule has 2 fully saturated rings. The van der Waals surface area contributed by atoms with Crippen molar-refractivity contribution in [3.63, 3.8) is 0 Å². The van der Waals surface area contributed by atoms with Crippen molar-refractivity contribution in [1.82, 2.24) is 0 Å². The van der Waals surface area contributed by atoms with Crippen LogP contribution in [0.5, 0.6) is 0 Å². The van der Waals surface area contributed by atoms with Gasteiger partial charge in [0.1, 0.15) is 5.60 Å². The molecule has 0 bridgehead atoms. The number of carbonyl (C=O) groups is 1. The standard InChI is InChI=1S/C8H12O3.Ba/c9-7(10)6-8(11-6)4-2-1-3-5-8;/h6H,1-5H2,(H,9,10);/q;+2. The van der Waals surface area contributed by atoms with Gasteiger partial charge in [-0.05, 0) is 12.8 Å². The molecule has 12 heavy (non-hydrogen) atoms. The molecule has 0 amide bonds. The Balaban J connectivity index is 0.000000720. The van der Waals surface area contributed by atoms with E-state index in [2.05, 4.69) is 0 Å². The van der Waals surface area contributed by atoms with Gasteiger partial charge in [0.05, 0.1) is 0 Å². The molecule has 0 radical (unpaired) electrons. The molecule has 1 saturated heterocycles. The first kappa shape index (κ1) is 11.1. The molecule has 0 aromatic carbocycles. The smallest absolute Gasteiger partial charge is 0.479 e. The maximum Gasteiger partial charge on any atom is 2.00 e. The first-order valence-electron chi connectivity index (χ1n) is 4.15. The molecule has 1 saturated carbocycles. The summed E-state index contributed by atoms with van der Waals surface area (Å²) in [5.41, 5.74) is -0.232. The summed E-state index contributed by atoms with van der Waals surface area (Å²) in [5, 5.41) is 8.65. The molecule has 1 aliphatic heterocycles. The minimum Gasteiger partial charge on any atom is -0.479 e. The molecular weight excluding hydrogens is 281 g/mol. The Morgan fingerprint density at radius 1 is 1.33 bits per heavy atom. The van der Waals surface area contributed by atoms with E-state index < -0.39 is 12.1 Å². The maximum absolute atomic E-state index is 10.5. The summed E-state index contributed by atoms with van der Waals surface area (Å²) < 4.78 is 5.21. The maximum atomic E-state index is 10.5. The predicted octanol–water partition coefficient (Wildman–Crippen LogP) is 0.792. The Bertz CT molecular complexity index is 187. The average Bonchev–Trinajstić information content (AvgIpc) is 2.66. The van der Waals surface area contributed by atoms with Crippen LogP contribution in [0.15, 0.2) is 0 Å². The van der Waals surface area contributed by atoms with Crippen LogP contribution in [-0.2, 0) is 9.53 Å².